The lowest BCUT2D eigenvalue weighted by molar-refractivity contribution is -0.125. The van der Waals surface area contributed by atoms with Gasteiger partial charge in [0.05, 0.1) is 11.7 Å². The minimum absolute atomic E-state index is 0.0242. The molecule has 0 amide bonds. The van der Waals surface area contributed by atoms with Gasteiger partial charge in [-0.3, -0.25) is 0 Å². The first-order valence-electron chi connectivity index (χ1n) is 9.33. The van der Waals surface area contributed by atoms with Gasteiger partial charge in [0.15, 0.2) is 0 Å². The third-order valence-corrected chi connectivity index (χ3v) is 8.49. The summed E-state index contributed by atoms with van der Waals surface area (Å²) in [5.74, 6) is 4.17. The smallest absolute Gasteiger partial charge is 0.0675 e. The van der Waals surface area contributed by atoms with Crippen LogP contribution in [0.3, 0.4) is 0 Å². The van der Waals surface area contributed by atoms with Gasteiger partial charge in [-0.1, -0.05) is 6.92 Å². The van der Waals surface area contributed by atoms with E-state index in [0.29, 0.717) is 0 Å². The Kier molecular flexibility index (Phi) is 3.25. The Morgan fingerprint density at radius 2 is 1.57 bits per heavy atom. The summed E-state index contributed by atoms with van der Waals surface area (Å²) in [4.78, 5) is 0. The Balaban J connectivity index is 1.58. The summed E-state index contributed by atoms with van der Waals surface area (Å²) in [6, 6.07) is 0. The second-order valence-electron chi connectivity index (χ2n) is 9.17. The first-order valence-corrected chi connectivity index (χ1v) is 9.33. The highest BCUT2D eigenvalue weighted by Gasteiger charge is 2.60. The number of aliphatic hydroxyl groups is 2. The quantitative estimate of drug-likeness (QED) is 0.714. The van der Waals surface area contributed by atoms with Crippen molar-refractivity contribution in [3.63, 3.8) is 0 Å². The van der Waals surface area contributed by atoms with Crippen molar-refractivity contribution in [3.05, 3.63) is 0 Å². The van der Waals surface area contributed by atoms with E-state index in [2.05, 4.69) is 13.8 Å². The Morgan fingerprint density at radius 3 is 2.38 bits per heavy atom. The molecule has 21 heavy (non-hydrogen) atoms. The third-order valence-electron chi connectivity index (χ3n) is 8.49. The lowest BCUT2D eigenvalue weighted by Gasteiger charge is -2.57. The van der Waals surface area contributed by atoms with Crippen LogP contribution in [0.1, 0.15) is 71.6 Å². The number of fused-ring (bicyclic) bond motifs is 5. The summed E-state index contributed by atoms with van der Waals surface area (Å²) < 4.78 is 0. The Bertz CT molecular complexity index is 418. The topological polar surface area (TPSA) is 40.5 Å². The highest BCUT2D eigenvalue weighted by molar-refractivity contribution is 5.10. The van der Waals surface area contributed by atoms with Crippen molar-refractivity contribution in [2.75, 3.05) is 0 Å². The van der Waals surface area contributed by atoms with E-state index in [0.717, 1.165) is 48.9 Å². The second-order valence-corrected chi connectivity index (χ2v) is 9.17. The largest absolute Gasteiger partial charge is 0.393 e. The molecule has 4 aliphatic rings. The normalized spacial score (nSPS) is 60.0. The first-order chi connectivity index (χ1) is 9.92. The van der Waals surface area contributed by atoms with Crippen LogP contribution in [0.25, 0.3) is 0 Å². The third kappa shape index (κ3) is 1.97. The van der Waals surface area contributed by atoms with E-state index in [9.17, 15) is 10.2 Å². The Hall–Kier alpha value is -0.0800. The molecular formula is C19H32O2. The molecular weight excluding hydrogens is 260 g/mol. The second kappa shape index (κ2) is 4.71. The summed E-state index contributed by atoms with van der Waals surface area (Å²) in [5, 5.41) is 20.8. The van der Waals surface area contributed by atoms with Gasteiger partial charge in [-0.2, -0.15) is 0 Å². The van der Waals surface area contributed by atoms with Gasteiger partial charge in [0, 0.05) is 0 Å². The van der Waals surface area contributed by atoms with Crippen molar-refractivity contribution in [2.24, 2.45) is 35.0 Å². The molecule has 4 fully saturated rings. The van der Waals surface area contributed by atoms with Crippen LogP contribution in [-0.4, -0.2) is 21.9 Å². The molecule has 2 N–H and O–H groups in total. The molecule has 2 heteroatoms. The lowest BCUT2D eigenvalue weighted by atomic mass is 9.49. The Labute approximate surface area is 129 Å². The van der Waals surface area contributed by atoms with E-state index in [1.165, 1.54) is 38.5 Å². The minimum atomic E-state index is -0.442. The molecule has 4 aliphatic carbocycles. The van der Waals surface area contributed by atoms with Crippen LogP contribution in [0.2, 0.25) is 0 Å². The van der Waals surface area contributed by atoms with Gasteiger partial charge in [0.1, 0.15) is 0 Å². The summed E-state index contributed by atoms with van der Waals surface area (Å²) in [6.07, 6.45) is 10.8. The maximum absolute atomic E-state index is 10.9. The molecule has 4 saturated carbocycles. The van der Waals surface area contributed by atoms with Gasteiger partial charge in [0.2, 0.25) is 0 Å². The molecule has 0 saturated heterocycles. The van der Waals surface area contributed by atoms with E-state index < -0.39 is 5.60 Å². The maximum Gasteiger partial charge on any atom is 0.0675 e. The predicted octanol–water partition coefficient (Wildman–Crippen LogP) is 3.75. The molecule has 0 unspecified atom stereocenters. The van der Waals surface area contributed by atoms with Crippen LogP contribution in [0.5, 0.6) is 0 Å². The molecule has 2 nitrogen and oxygen atoms in total. The van der Waals surface area contributed by atoms with Crippen LogP contribution in [0.15, 0.2) is 0 Å². The molecule has 0 aliphatic heterocycles. The molecule has 0 heterocycles. The average Bonchev–Trinajstić information content (AvgIpc) is 2.69. The average molecular weight is 292 g/mol. The van der Waals surface area contributed by atoms with Gasteiger partial charge in [-0.25, -0.2) is 0 Å². The molecule has 0 radical (unpaired) electrons. The number of rotatable bonds is 0. The van der Waals surface area contributed by atoms with Crippen LogP contribution >= 0.6 is 0 Å². The molecule has 0 aromatic heterocycles. The van der Waals surface area contributed by atoms with Crippen LogP contribution in [0.4, 0.5) is 0 Å². The molecule has 0 aromatic carbocycles. The zero-order valence-corrected chi connectivity index (χ0v) is 13.7. The van der Waals surface area contributed by atoms with E-state index >= 15 is 0 Å². The zero-order chi connectivity index (χ0) is 14.8. The van der Waals surface area contributed by atoms with Crippen molar-refractivity contribution in [3.8, 4) is 0 Å². The summed E-state index contributed by atoms with van der Waals surface area (Å²) in [6.45, 7) is 4.47. The van der Waals surface area contributed by atoms with Gasteiger partial charge >= 0.3 is 0 Å². The van der Waals surface area contributed by atoms with Crippen LogP contribution in [-0.2, 0) is 0 Å². The van der Waals surface area contributed by atoms with Gasteiger partial charge in [0.25, 0.3) is 0 Å². The summed E-state index contributed by atoms with van der Waals surface area (Å²) in [5.41, 5.74) is -0.280. The molecule has 0 spiro atoms. The molecule has 4 rings (SSSR count). The summed E-state index contributed by atoms with van der Waals surface area (Å²) >= 11 is 0. The number of hydrogen-bond acceptors (Lipinski definition) is 2. The molecule has 120 valence electrons. The van der Waals surface area contributed by atoms with E-state index in [4.69, 9.17) is 0 Å². The van der Waals surface area contributed by atoms with Crippen molar-refractivity contribution >= 4 is 0 Å². The monoisotopic (exact) mass is 292 g/mol. The van der Waals surface area contributed by atoms with E-state index in [1.807, 2.05) is 0 Å². The standard InChI is InChI=1S/C19H32O2/c1-18-9-7-15-14-6-4-13(20)11-12(14)3-5-16(15)17(18)8-10-19(18,2)21/h12-17,20-21H,3-11H2,1-2H3/t12-,13-,14+,15-,16-,17+,18+,19+/m1/s1. The van der Waals surface area contributed by atoms with Gasteiger partial charge < -0.3 is 10.2 Å². The number of hydrogen-bond donors (Lipinski definition) is 2. The van der Waals surface area contributed by atoms with Crippen LogP contribution in [0, 0.1) is 35.0 Å². The van der Waals surface area contributed by atoms with Gasteiger partial charge in [-0.05, 0) is 99.7 Å². The maximum atomic E-state index is 10.9. The van der Waals surface area contributed by atoms with Crippen molar-refractivity contribution < 1.29 is 10.2 Å². The molecule has 0 aromatic rings. The molecule has 8 atom stereocenters. The predicted molar refractivity (Wildman–Crippen MR) is 83.7 cm³/mol. The lowest BCUT2D eigenvalue weighted by Crippen LogP contribution is -2.52. The van der Waals surface area contributed by atoms with Gasteiger partial charge in [-0.15, -0.1) is 0 Å². The first kappa shape index (κ1) is 14.5. The Morgan fingerprint density at radius 1 is 0.810 bits per heavy atom. The number of aliphatic hydroxyl groups excluding tert-OH is 1. The summed E-state index contributed by atoms with van der Waals surface area (Å²) in [7, 11) is 0. The van der Waals surface area contributed by atoms with E-state index in [1.54, 1.807) is 0 Å². The molecule has 0 bridgehead atoms. The SMILES string of the molecule is C[C@]1(O)CC[C@H]2[C@@H]3CC[C@@H]4C[C@H](O)CC[C@@H]4[C@H]3CC[C@@]21C. The highest BCUT2D eigenvalue weighted by atomic mass is 16.3. The fraction of sp³-hybridized carbons (Fsp3) is 1.00. The minimum Gasteiger partial charge on any atom is -0.393 e. The van der Waals surface area contributed by atoms with E-state index in [-0.39, 0.29) is 11.5 Å². The zero-order valence-electron chi connectivity index (χ0n) is 13.7. The van der Waals surface area contributed by atoms with Crippen molar-refractivity contribution in [1.29, 1.82) is 0 Å². The van der Waals surface area contributed by atoms with Crippen molar-refractivity contribution in [2.45, 2.75) is 83.3 Å². The fourth-order valence-electron chi connectivity index (χ4n) is 7.07. The fourth-order valence-corrected chi connectivity index (χ4v) is 7.07. The van der Waals surface area contributed by atoms with Crippen LogP contribution < -0.4 is 0 Å². The van der Waals surface area contributed by atoms with Crippen molar-refractivity contribution in [1.82, 2.24) is 0 Å². The highest BCUT2D eigenvalue weighted by Crippen LogP contribution is 2.65.